The van der Waals surface area contributed by atoms with Gasteiger partial charge in [0.2, 0.25) is 5.91 Å². The lowest BCUT2D eigenvalue weighted by atomic mass is 9.98. The Labute approximate surface area is 199 Å². The van der Waals surface area contributed by atoms with Crippen LogP contribution in [0.25, 0.3) is 28.4 Å². The normalized spacial score (nSPS) is 13.3. The molecule has 0 N–H and O–H groups in total. The summed E-state index contributed by atoms with van der Waals surface area (Å²) < 4.78 is 13.0. The molecule has 2 aromatic heterocycles. The summed E-state index contributed by atoms with van der Waals surface area (Å²) in [5.41, 5.74) is 6.29. The van der Waals surface area contributed by atoms with E-state index in [4.69, 9.17) is 9.47 Å². The summed E-state index contributed by atoms with van der Waals surface area (Å²) in [5, 5.41) is 1.02. The van der Waals surface area contributed by atoms with Crippen molar-refractivity contribution in [2.45, 2.75) is 13.0 Å². The van der Waals surface area contributed by atoms with Crippen LogP contribution < -0.4 is 9.47 Å². The molecule has 5 rings (SSSR count). The Morgan fingerprint density at radius 3 is 2.47 bits per heavy atom. The van der Waals surface area contributed by atoms with Gasteiger partial charge < -0.3 is 18.9 Å². The van der Waals surface area contributed by atoms with Gasteiger partial charge in [-0.15, -0.1) is 0 Å². The highest BCUT2D eigenvalue weighted by Crippen LogP contribution is 2.35. The van der Waals surface area contributed by atoms with Crippen LogP contribution in [0, 0.1) is 0 Å². The molecule has 0 unspecified atom stereocenters. The second-order valence-corrected chi connectivity index (χ2v) is 8.38. The molecule has 1 aliphatic rings. The highest BCUT2D eigenvalue weighted by Gasteiger charge is 2.22. The average Bonchev–Trinajstić information content (AvgIpc) is 3.18. The Kier molecular flexibility index (Phi) is 5.80. The van der Waals surface area contributed by atoms with Crippen molar-refractivity contribution in [1.29, 1.82) is 0 Å². The van der Waals surface area contributed by atoms with Gasteiger partial charge >= 0.3 is 0 Å². The molecule has 0 fully saturated rings. The number of rotatable bonds is 5. The minimum atomic E-state index is -0.0136. The topological polar surface area (TPSA) is 56.6 Å². The third kappa shape index (κ3) is 3.81. The van der Waals surface area contributed by atoms with Crippen LogP contribution in [0.15, 0.2) is 66.9 Å². The fraction of sp³-hybridized carbons (Fsp3) is 0.214. The van der Waals surface area contributed by atoms with Crippen LogP contribution >= 0.6 is 0 Å². The van der Waals surface area contributed by atoms with E-state index in [1.54, 1.807) is 26.5 Å². The number of hydrogen-bond donors (Lipinski definition) is 0. The number of nitrogens with zero attached hydrogens (tertiary/aromatic N) is 3. The van der Waals surface area contributed by atoms with Crippen molar-refractivity contribution in [1.82, 2.24) is 14.5 Å². The highest BCUT2D eigenvalue weighted by molar-refractivity contribution is 6.00. The lowest BCUT2D eigenvalue weighted by Gasteiger charge is -2.28. The predicted octanol–water partition coefficient (Wildman–Crippen LogP) is 4.86. The SMILES string of the molecule is COc1cc2c(cc1OC)CN(C(=O)/C=C/c1c(-c3ccccc3)n(C)c3ncccc13)CC2. The first-order valence-corrected chi connectivity index (χ1v) is 11.3. The van der Waals surface area contributed by atoms with Gasteiger partial charge in [-0.1, -0.05) is 30.3 Å². The molecule has 0 bridgehead atoms. The number of methoxy groups -OCH3 is 2. The smallest absolute Gasteiger partial charge is 0.246 e. The maximum atomic E-state index is 13.2. The van der Waals surface area contributed by atoms with Gasteiger partial charge in [0.25, 0.3) is 0 Å². The first kappa shape index (κ1) is 21.8. The second-order valence-electron chi connectivity index (χ2n) is 8.38. The fourth-order valence-corrected chi connectivity index (χ4v) is 4.73. The number of ether oxygens (including phenoxy) is 2. The summed E-state index contributed by atoms with van der Waals surface area (Å²) in [6.45, 7) is 1.20. The van der Waals surface area contributed by atoms with Crippen molar-refractivity contribution in [2.24, 2.45) is 7.05 Å². The summed E-state index contributed by atoms with van der Waals surface area (Å²) in [6.07, 6.45) is 6.19. The highest BCUT2D eigenvalue weighted by atomic mass is 16.5. The number of fused-ring (bicyclic) bond motifs is 2. The summed E-state index contributed by atoms with van der Waals surface area (Å²) >= 11 is 0. The van der Waals surface area contributed by atoms with Gasteiger partial charge in [0, 0.05) is 43.4 Å². The molecular formula is C28H27N3O3. The van der Waals surface area contributed by atoms with Gasteiger partial charge in [0.05, 0.1) is 19.9 Å². The van der Waals surface area contributed by atoms with E-state index in [9.17, 15) is 4.79 Å². The Morgan fingerprint density at radius 1 is 1.00 bits per heavy atom. The van der Waals surface area contributed by atoms with Crippen LogP contribution in [0.2, 0.25) is 0 Å². The number of aromatic nitrogens is 2. The zero-order valence-corrected chi connectivity index (χ0v) is 19.6. The molecule has 172 valence electrons. The van der Waals surface area contributed by atoms with E-state index >= 15 is 0 Å². The summed E-state index contributed by atoms with van der Waals surface area (Å²) in [6, 6.07) is 18.2. The van der Waals surface area contributed by atoms with E-state index in [1.165, 1.54) is 5.56 Å². The van der Waals surface area contributed by atoms with Gasteiger partial charge in [-0.2, -0.15) is 0 Å². The molecule has 0 radical (unpaired) electrons. The molecule has 1 aliphatic heterocycles. The van der Waals surface area contributed by atoms with Crippen LogP contribution in [-0.2, 0) is 24.8 Å². The van der Waals surface area contributed by atoms with Crippen molar-refractivity contribution < 1.29 is 14.3 Å². The fourth-order valence-electron chi connectivity index (χ4n) is 4.73. The van der Waals surface area contributed by atoms with E-state index < -0.39 is 0 Å². The predicted molar refractivity (Wildman–Crippen MR) is 134 cm³/mol. The van der Waals surface area contributed by atoms with Crippen molar-refractivity contribution in [2.75, 3.05) is 20.8 Å². The molecule has 0 aliphatic carbocycles. The largest absolute Gasteiger partial charge is 0.493 e. The van der Waals surface area contributed by atoms with E-state index in [0.29, 0.717) is 18.8 Å². The van der Waals surface area contributed by atoms with Gasteiger partial charge in [-0.3, -0.25) is 4.79 Å². The maximum absolute atomic E-state index is 13.2. The summed E-state index contributed by atoms with van der Waals surface area (Å²) in [7, 11) is 5.28. The Morgan fingerprint density at radius 2 is 1.74 bits per heavy atom. The van der Waals surface area contributed by atoms with Crippen LogP contribution in [0.4, 0.5) is 0 Å². The van der Waals surface area contributed by atoms with Crippen molar-refractivity contribution in [3.8, 4) is 22.8 Å². The summed E-state index contributed by atoms with van der Waals surface area (Å²) in [4.78, 5) is 19.7. The van der Waals surface area contributed by atoms with E-state index in [0.717, 1.165) is 45.6 Å². The minimum Gasteiger partial charge on any atom is -0.493 e. The molecule has 2 aromatic carbocycles. The van der Waals surface area contributed by atoms with Gasteiger partial charge in [0.15, 0.2) is 11.5 Å². The Bertz CT molecular complexity index is 1390. The number of hydrogen-bond acceptors (Lipinski definition) is 4. The number of benzene rings is 2. The Hall–Kier alpha value is -4.06. The van der Waals surface area contributed by atoms with E-state index in [2.05, 4.69) is 27.8 Å². The minimum absolute atomic E-state index is 0.0136. The van der Waals surface area contributed by atoms with Crippen molar-refractivity contribution in [3.05, 3.63) is 83.6 Å². The van der Waals surface area contributed by atoms with Gasteiger partial charge in [-0.25, -0.2) is 4.98 Å². The quantitative estimate of drug-likeness (QED) is 0.405. The molecule has 3 heterocycles. The van der Waals surface area contributed by atoms with Crippen molar-refractivity contribution in [3.63, 3.8) is 0 Å². The zero-order chi connectivity index (χ0) is 23.7. The molecule has 1 amide bonds. The molecule has 6 heteroatoms. The number of pyridine rings is 1. The third-order valence-electron chi connectivity index (χ3n) is 6.45. The van der Waals surface area contributed by atoms with Crippen LogP contribution in [0.3, 0.4) is 0 Å². The molecule has 0 atom stereocenters. The number of carbonyl (C=O) groups excluding carboxylic acids is 1. The first-order valence-electron chi connectivity index (χ1n) is 11.3. The molecule has 0 saturated heterocycles. The monoisotopic (exact) mass is 453 g/mol. The second kappa shape index (κ2) is 9.06. The van der Waals surface area contributed by atoms with Crippen molar-refractivity contribution >= 4 is 23.0 Å². The average molecular weight is 454 g/mol. The van der Waals surface area contributed by atoms with E-state index in [1.807, 2.05) is 54.4 Å². The van der Waals surface area contributed by atoms with E-state index in [-0.39, 0.29) is 5.91 Å². The molecule has 0 spiro atoms. The standard InChI is InChI=1S/C28H27N3O3/c1-30-27(19-8-5-4-6-9-19)22(23-10-7-14-29-28(23)30)11-12-26(32)31-15-13-20-16-24(33-2)25(34-3)17-21(20)18-31/h4-12,14,16-17H,13,15,18H2,1-3H3/b12-11+. The lowest BCUT2D eigenvalue weighted by Crippen LogP contribution is -2.34. The number of carbonyl (C=O) groups is 1. The molecule has 0 saturated carbocycles. The van der Waals surface area contributed by atoms with Crippen LogP contribution in [-0.4, -0.2) is 41.1 Å². The number of amides is 1. The molecule has 4 aromatic rings. The number of aryl methyl sites for hydroxylation is 1. The third-order valence-corrected chi connectivity index (χ3v) is 6.45. The maximum Gasteiger partial charge on any atom is 0.246 e. The first-order chi connectivity index (χ1) is 16.6. The molecule has 6 nitrogen and oxygen atoms in total. The zero-order valence-electron chi connectivity index (χ0n) is 19.6. The summed E-state index contributed by atoms with van der Waals surface area (Å²) in [5.74, 6) is 1.39. The van der Waals surface area contributed by atoms with Gasteiger partial charge in [0.1, 0.15) is 5.65 Å². The molecule has 34 heavy (non-hydrogen) atoms. The van der Waals surface area contributed by atoms with Gasteiger partial charge in [-0.05, 0) is 53.5 Å². The lowest BCUT2D eigenvalue weighted by molar-refractivity contribution is -0.126. The van der Waals surface area contributed by atoms with Crippen LogP contribution in [0.1, 0.15) is 16.7 Å². The Balaban J connectivity index is 1.46. The molecular weight excluding hydrogens is 426 g/mol. The van der Waals surface area contributed by atoms with Crippen LogP contribution in [0.5, 0.6) is 11.5 Å².